The second kappa shape index (κ2) is 8.76. The molecule has 10 heteroatoms. The number of carbonyl (C=O) groups is 1. The van der Waals surface area contributed by atoms with Gasteiger partial charge in [-0.1, -0.05) is 45.8 Å². The Labute approximate surface area is 153 Å². The highest BCUT2D eigenvalue weighted by Gasteiger charge is 2.23. The summed E-state index contributed by atoms with van der Waals surface area (Å²) in [6.45, 7) is 0.423. The summed E-state index contributed by atoms with van der Waals surface area (Å²) >= 11 is 17.9. The van der Waals surface area contributed by atoms with Gasteiger partial charge >= 0.3 is 0 Å². The molecule has 0 bridgehead atoms. The van der Waals surface area contributed by atoms with Crippen LogP contribution in [0.1, 0.15) is 25.0 Å². The van der Waals surface area contributed by atoms with E-state index in [1.807, 2.05) is 0 Å². The maximum absolute atomic E-state index is 11.9. The predicted octanol–water partition coefficient (Wildman–Crippen LogP) is 4.07. The Balaban J connectivity index is 2.15. The van der Waals surface area contributed by atoms with Crippen molar-refractivity contribution < 1.29 is 4.79 Å². The number of nitrogens with zero attached hydrogens (tertiary/aromatic N) is 6. The highest BCUT2D eigenvalue weighted by Crippen LogP contribution is 2.28. The molecule has 0 saturated heterocycles. The van der Waals surface area contributed by atoms with Crippen LogP contribution in [0.4, 0.5) is 0 Å². The summed E-state index contributed by atoms with van der Waals surface area (Å²) in [5.41, 5.74) is 9.12. The molecule has 1 aromatic heterocycles. The van der Waals surface area contributed by atoms with Crippen LogP contribution >= 0.6 is 34.8 Å². The number of hydrazone groups is 1. The number of rotatable bonds is 4. The Kier molecular flexibility index (Phi) is 6.71. The van der Waals surface area contributed by atoms with E-state index in [1.165, 1.54) is 11.1 Å². The quantitative estimate of drug-likeness (QED) is 0.195. The first-order valence-electron chi connectivity index (χ1n) is 6.89. The Morgan fingerprint density at radius 3 is 2.83 bits per heavy atom. The molecule has 0 atom stereocenters. The standard InChI is InChI=1S/C14H11Cl3N6O/c15-9-8-10(16)14(17)20-13(9)11-4-5-12(24)23(21-11)7-3-1-2-6-19-22-18/h8H,2,4-7H2. The van der Waals surface area contributed by atoms with Crippen molar-refractivity contribution in [1.82, 2.24) is 9.99 Å². The van der Waals surface area contributed by atoms with Gasteiger partial charge in [-0.3, -0.25) is 4.79 Å². The molecule has 0 spiro atoms. The van der Waals surface area contributed by atoms with E-state index in [2.05, 4.69) is 32.0 Å². The van der Waals surface area contributed by atoms with Crippen LogP contribution in [-0.2, 0) is 4.79 Å². The zero-order chi connectivity index (χ0) is 17.5. The van der Waals surface area contributed by atoms with Gasteiger partial charge in [0.15, 0.2) is 0 Å². The summed E-state index contributed by atoms with van der Waals surface area (Å²) < 4.78 is 0. The molecule has 1 amide bonds. The normalized spacial score (nSPS) is 13.7. The molecular formula is C14H11Cl3N6O. The van der Waals surface area contributed by atoms with Crippen LogP contribution in [-0.4, -0.2) is 34.7 Å². The molecule has 0 aliphatic carbocycles. The first kappa shape index (κ1) is 18.4. The maximum Gasteiger partial charge on any atom is 0.243 e. The fraction of sp³-hybridized carbons (Fsp3) is 0.357. The molecule has 0 N–H and O–H groups in total. The lowest BCUT2D eigenvalue weighted by Crippen LogP contribution is -2.32. The van der Waals surface area contributed by atoms with Crippen molar-refractivity contribution in [2.45, 2.75) is 19.3 Å². The Hall–Kier alpha value is -1.97. The van der Waals surface area contributed by atoms with Crippen LogP contribution < -0.4 is 0 Å². The van der Waals surface area contributed by atoms with Crippen molar-refractivity contribution in [2.75, 3.05) is 13.1 Å². The van der Waals surface area contributed by atoms with Crippen molar-refractivity contribution in [1.29, 1.82) is 0 Å². The lowest BCUT2D eigenvalue weighted by atomic mass is 10.1. The van der Waals surface area contributed by atoms with Crippen LogP contribution in [0.5, 0.6) is 0 Å². The number of halogens is 3. The second-order valence-electron chi connectivity index (χ2n) is 4.65. The van der Waals surface area contributed by atoms with Crippen molar-refractivity contribution in [2.24, 2.45) is 10.2 Å². The molecule has 2 heterocycles. The molecule has 1 aliphatic heterocycles. The number of carbonyl (C=O) groups excluding carboxylic acids is 1. The topological polar surface area (TPSA) is 94.3 Å². The third kappa shape index (κ3) is 4.76. The summed E-state index contributed by atoms with van der Waals surface area (Å²) in [5.74, 6) is 5.49. The lowest BCUT2D eigenvalue weighted by molar-refractivity contribution is -0.131. The van der Waals surface area contributed by atoms with Crippen LogP contribution in [0.3, 0.4) is 0 Å². The van der Waals surface area contributed by atoms with E-state index in [9.17, 15) is 4.79 Å². The smallest absolute Gasteiger partial charge is 0.243 e. The first-order valence-corrected chi connectivity index (χ1v) is 8.02. The number of aromatic nitrogens is 1. The number of pyridine rings is 1. The molecule has 7 nitrogen and oxygen atoms in total. The zero-order valence-corrected chi connectivity index (χ0v) is 14.6. The molecule has 0 fully saturated rings. The van der Waals surface area contributed by atoms with Gasteiger partial charge in [0.05, 0.1) is 15.8 Å². The van der Waals surface area contributed by atoms with Crippen LogP contribution in [0, 0.1) is 11.8 Å². The summed E-state index contributed by atoms with van der Waals surface area (Å²) in [7, 11) is 0. The van der Waals surface area contributed by atoms with E-state index in [1.54, 1.807) is 0 Å². The van der Waals surface area contributed by atoms with Gasteiger partial charge in [0.1, 0.15) is 17.4 Å². The van der Waals surface area contributed by atoms with Gasteiger partial charge in [0.2, 0.25) is 5.91 Å². The molecule has 0 aromatic carbocycles. The van der Waals surface area contributed by atoms with Crippen molar-refractivity contribution in [3.8, 4) is 11.8 Å². The molecule has 2 rings (SSSR count). The zero-order valence-electron chi connectivity index (χ0n) is 12.3. The summed E-state index contributed by atoms with van der Waals surface area (Å²) in [5, 5.41) is 9.59. The molecule has 0 radical (unpaired) electrons. The van der Waals surface area contributed by atoms with E-state index in [4.69, 9.17) is 40.3 Å². The monoisotopic (exact) mass is 384 g/mol. The van der Waals surface area contributed by atoms with Crippen molar-refractivity contribution in [3.63, 3.8) is 0 Å². The van der Waals surface area contributed by atoms with E-state index >= 15 is 0 Å². The van der Waals surface area contributed by atoms with Crippen LogP contribution in [0.15, 0.2) is 16.3 Å². The van der Waals surface area contributed by atoms with Crippen LogP contribution in [0.25, 0.3) is 10.4 Å². The number of azide groups is 1. The summed E-state index contributed by atoms with van der Waals surface area (Å²) in [6, 6.07) is 1.49. The molecule has 124 valence electrons. The molecule has 0 unspecified atom stereocenters. The minimum absolute atomic E-state index is 0.125. The predicted molar refractivity (Wildman–Crippen MR) is 93.2 cm³/mol. The molecule has 0 saturated carbocycles. The van der Waals surface area contributed by atoms with E-state index < -0.39 is 0 Å². The Morgan fingerprint density at radius 1 is 1.29 bits per heavy atom. The lowest BCUT2D eigenvalue weighted by Gasteiger charge is -2.21. The second-order valence-corrected chi connectivity index (χ2v) is 5.82. The highest BCUT2D eigenvalue weighted by atomic mass is 35.5. The number of amides is 1. The maximum atomic E-state index is 11.9. The minimum atomic E-state index is -0.140. The molecule has 1 aliphatic rings. The van der Waals surface area contributed by atoms with Gasteiger partial charge in [-0.15, -0.1) is 5.92 Å². The first-order chi connectivity index (χ1) is 11.5. The Morgan fingerprint density at radius 2 is 2.08 bits per heavy atom. The van der Waals surface area contributed by atoms with Gasteiger partial charge in [0.25, 0.3) is 0 Å². The van der Waals surface area contributed by atoms with E-state index in [0.29, 0.717) is 29.3 Å². The molecule has 1 aromatic rings. The van der Waals surface area contributed by atoms with Gasteiger partial charge < -0.3 is 0 Å². The number of hydrogen-bond acceptors (Lipinski definition) is 4. The van der Waals surface area contributed by atoms with Crippen molar-refractivity contribution in [3.05, 3.63) is 37.4 Å². The minimum Gasteiger partial charge on any atom is -0.273 e. The van der Waals surface area contributed by atoms with Gasteiger partial charge in [-0.2, -0.15) is 5.10 Å². The van der Waals surface area contributed by atoms with Crippen molar-refractivity contribution >= 4 is 46.4 Å². The van der Waals surface area contributed by atoms with E-state index in [-0.39, 0.29) is 35.6 Å². The fourth-order valence-electron chi connectivity index (χ4n) is 1.91. The van der Waals surface area contributed by atoms with Crippen LogP contribution in [0.2, 0.25) is 15.2 Å². The fourth-order valence-corrected chi connectivity index (χ4v) is 2.52. The highest BCUT2D eigenvalue weighted by molar-refractivity contribution is 6.43. The third-order valence-electron chi connectivity index (χ3n) is 3.02. The molecular weight excluding hydrogens is 375 g/mol. The third-order valence-corrected chi connectivity index (χ3v) is 3.98. The van der Waals surface area contributed by atoms with Gasteiger partial charge in [-0.05, 0) is 11.6 Å². The average Bonchev–Trinajstić information content (AvgIpc) is 2.56. The summed E-state index contributed by atoms with van der Waals surface area (Å²) in [6.07, 6.45) is 1.10. The number of hydrogen-bond donors (Lipinski definition) is 0. The van der Waals surface area contributed by atoms with Gasteiger partial charge in [-0.25, -0.2) is 9.99 Å². The Bertz CT molecular complexity index is 792. The van der Waals surface area contributed by atoms with Gasteiger partial charge in [0, 0.05) is 30.7 Å². The molecule has 24 heavy (non-hydrogen) atoms. The SMILES string of the molecule is [N-]=[N+]=NCCC#CCN1N=C(c2nc(Cl)c(Cl)cc2Cl)CCC1=O. The average molecular weight is 386 g/mol. The van der Waals surface area contributed by atoms with E-state index in [0.717, 1.165) is 0 Å². The largest absolute Gasteiger partial charge is 0.273 e. The summed E-state index contributed by atoms with van der Waals surface area (Å²) in [4.78, 5) is 18.7.